The highest BCUT2D eigenvalue weighted by molar-refractivity contribution is 8.03. The van der Waals surface area contributed by atoms with Crippen LogP contribution in [0.3, 0.4) is 0 Å². The first-order valence-corrected chi connectivity index (χ1v) is 8.21. The molecule has 0 N–H and O–H groups in total. The van der Waals surface area contributed by atoms with Crippen LogP contribution in [-0.2, 0) is 0 Å². The molecule has 100 valence electrons. The van der Waals surface area contributed by atoms with Crippen LogP contribution in [0.15, 0.2) is 17.3 Å². The Morgan fingerprint density at radius 1 is 1.44 bits per heavy atom. The molecule has 0 saturated carbocycles. The van der Waals surface area contributed by atoms with Crippen molar-refractivity contribution < 1.29 is 0 Å². The molecular formula is C14H22N2S2. The third kappa shape index (κ3) is 2.80. The van der Waals surface area contributed by atoms with Gasteiger partial charge < -0.3 is 4.57 Å². The van der Waals surface area contributed by atoms with Gasteiger partial charge in [-0.3, -0.25) is 0 Å². The van der Waals surface area contributed by atoms with Gasteiger partial charge in [0.25, 0.3) is 0 Å². The number of nitrogens with zero attached hydrogens (tertiary/aromatic N) is 2. The molecule has 1 unspecified atom stereocenters. The minimum atomic E-state index is 0.209. The molecule has 1 aromatic heterocycles. The van der Waals surface area contributed by atoms with Gasteiger partial charge in [0, 0.05) is 23.0 Å². The molecule has 0 radical (unpaired) electrons. The fourth-order valence-electron chi connectivity index (χ4n) is 2.34. The number of rotatable bonds is 5. The lowest BCUT2D eigenvalue weighted by atomic mass is 10.1. The van der Waals surface area contributed by atoms with Crippen LogP contribution in [0.2, 0.25) is 0 Å². The van der Waals surface area contributed by atoms with Gasteiger partial charge in [0.2, 0.25) is 0 Å². The molecule has 1 aliphatic rings. The van der Waals surface area contributed by atoms with Crippen molar-refractivity contribution in [3.63, 3.8) is 0 Å². The third-order valence-electron chi connectivity index (χ3n) is 3.31. The zero-order valence-electron chi connectivity index (χ0n) is 11.4. The van der Waals surface area contributed by atoms with E-state index in [0.29, 0.717) is 5.92 Å². The van der Waals surface area contributed by atoms with Gasteiger partial charge in [-0.05, 0) is 30.9 Å². The molecule has 0 amide bonds. The fourth-order valence-corrected chi connectivity index (χ4v) is 3.54. The average molecular weight is 282 g/mol. The van der Waals surface area contributed by atoms with Gasteiger partial charge in [0.05, 0.1) is 5.25 Å². The Kier molecular flexibility index (Phi) is 4.84. The van der Waals surface area contributed by atoms with E-state index in [9.17, 15) is 0 Å². The quantitative estimate of drug-likeness (QED) is 0.794. The van der Waals surface area contributed by atoms with Crippen LogP contribution in [-0.4, -0.2) is 15.3 Å². The molecule has 0 aromatic carbocycles. The summed E-state index contributed by atoms with van der Waals surface area (Å²) in [6.07, 6.45) is 7.67. The lowest BCUT2D eigenvalue weighted by molar-refractivity contribution is 0.603. The van der Waals surface area contributed by atoms with Crippen molar-refractivity contribution >= 4 is 30.1 Å². The number of thiol groups is 1. The summed E-state index contributed by atoms with van der Waals surface area (Å²) in [5.74, 6) is 2.75. The molecule has 0 spiro atoms. The van der Waals surface area contributed by atoms with E-state index in [2.05, 4.69) is 36.5 Å². The molecule has 0 fully saturated rings. The zero-order chi connectivity index (χ0) is 13.1. The van der Waals surface area contributed by atoms with Crippen molar-refractivity contribution in [2.75, 3.05) is 5.75 Å². The summed E-state index contributed by atoms with van der Waals surface area (Å²) in [6, 6.07) is 0. The number of hydrogen-bond donors (Lipinski definition) is 1. The monoisotopic (exact) mass is 282 g/mol. The van der Waals surface area contributed by atoms with Gasteiger partial charge in [-0.2, -0.15) is 12.6 Å². The Bertz CT molecular complexity index is 435. The van der Waals surface area contributed by atoms with Gasteiger partial charge in [-0.25, -0.2) is 4.98 Å². The van der Waals surface area contributed by atoms with Crippen molar-refractivity contribution in [2.45, 2.75) is 45.3 Å². The SMILES string of the molecule is CCSC1=C(n2ccnc2C(S)C(C)C)CCC1. The summed E-state index contributed by atoms with van der Waals surface area (Å²) in [5.41, 5.74) is 1.45. The standard InChI is InChI=1S/C14H22N2S2/c1-4-18-12-7-5-6-11(12)16-9-8-15-14(16)13(17)10(2)3/h8-10,13,17H,4-7H2,1-3H3. The van der Waals surface area contributed by atoms with Crippen LogP contribution in [0.25, 0.3) is 5.70 Å². The summed E-state index contributed by atoms with van der Waals surface area (Å²) in [4.78, 5) is 6.06. The van der Waals surface area contributed by atoms with E-state index >= 15 is 0 Å². The van der Waals surface area contributed by atoms with E-state index in [0.717, 1.165) is 11.6 Å². The highest BCUT2D eigenvalue weighted by Gasteiger charge is 2.22. The minimum absolute atomic E-state index is 0.209. The van der Waals surface area contributed by atoms with Crippen molar-refractivity contribution in [1.82, 2.24) is 9.55 Å². The summed E-state index contributed by atoms with van der Waals surface area (Å²) >= 11 is 6.69. The summed E-state index contributed by atoms with van der Waals surface area (Å²) in [5, 5.41) is 0.209. The highest BCUT2D eigenvalue weighted by Crippen LogP contribution is 2.39. The molecule has 0 aliphatic heterocycles. The van der Waals surface area contributed by atoms with E-state index in [-0.39, 0.29) is 5.25 Å². The second-order valence-electron chi connectivity index (χ2n) is 5.00. The Balaban J connectivity index is 2.34. The molecule has 0 bridgehead atoms. The predicted octanol–water partition coefficient (Wildman–Crippen LogP) is 4.62. The molecule has 2 nitrogen and oxygen atoms in total. The van der Waals surface area contributed by atoms with E-state index < -0.39 is 0 Å². The third-order valence-corrected chi connectivity index (χ3v) is 5.22. The Hall–Kier alpha value is -0.350. The summed E-state index contributed by atoms with van der Waals surface area (Å²) < 4.78 is 2.28. The van der Waals surface area contributed by atoms with E-state index in [1.165, 1.54) is 25.0 Å². The van der Waals surface area contributed by atoms with Crippen molar-refractivity contribution in [1.29, 1.82) is 0 Å². The predicted molar refractivity (Wildman–Crippen MR) is 84.0 cm³/mol. The number of imidazole rings is 1. The van der Waals surface area contributed by atoms with Gasteiger partial charge in [-0.15, -0.1) is 11.8 Å². The largest absolute Gasteiger partial charge is 0.306 e. The highest BCUT2D eigenvalue weighted by atomic mass is 32.2. The van der Waals surface area contributed by atoms with E-state index in [4.69, 9.17) is 12.6 Å². The molecule has 1 heterocycles. The van der Waals surface area contributed by atoms with Gasteiger partial charge in [0.15, 0.2) is 0 Å². The van der Waals surface area contributed by atoms with Gasteiger partial charge in [0.1, 0.15) is 5.82 Å². The summed E-state index contributed by atoms with van der Waals surface area (Å²) in [6.45, 7) is 6.61. The smallest absolute Gasteiger partial charge is 0.126 e. The number of aromatic nitrogens is 2. The molecule has 1 aliphatic carbocycles. The zero-order valence-corrected chi connectivity index (χ0v) is 13.1. The molecule has 18 heavy (non-hydrogen) atoms. The number of allylic oxidation sites excluding steroid dienone is 2. The molecule has 1 atom stereocenters. The Morgan fingerprint density at radius 3 is 2.89 bits per heavy atom. The van der Waals surface area contributed by atoms with Crippen LogP contribution in [0.4, 0.5) is 0 Å². The molecule has 0 saturated heterocycles. The maximum absolute atomic E-state index is 4.71. The second kappa shape index (κ2) is 6.20. The van der Waals surface area contributed by atoms with Crippen molar-refractivity contribution in [2.24, 2.45) is 5.92 Å². The topological polar surface area (TPSA) is 17.8 Å². The maximum atomic E-state index is 4.71. The fraction of sp³-hybridized carbons (Fsp3) is 0.643. The molecule has 1 aromatic rings. The van der Waals surface area contributed by atoms with Crippen LogP contribution >= 0.6 is 24.4 Å². The Labute approximate surface area is 120 Å². The number of thioether (sulfide) groups is 1. The van der Waals surface area contributed by atoms with Crippen LogP contribution < -0.4 is 0 Å². The summed E-state index contributed by atoms with van der Waals surface area (Å²) in [7, 11) is 0. The van der Waals surface area contributed by atoms with Crippen LogP contribution in [0.1, 0.15) is 51.1 Å². The van der Waals surface area contributed by atoms with Crippen molar-refractivity contribution in [3.05, 3.63) is 23.1 Å². The normalized spacial score (nSPS) is 17.8. The first-order chi connectivity index (χ1) is 8.65. The molecule has 4 heteroatoms. The molecular weight excluding hydrogens is 260 g/mol. The lowest BCUT2D eigenvalue weighted by Gasteiger charge is -2.18. The lowest BCUT2D eigenvalue weighted by Crippen LogP contribution is -2.09. The van der Waals surface area contributed by atoms with Crippen LogP contribution in [0.5, 0.6) is 0 Å². The van der Waals surface area contributed by atoms with E-state index in [1.54, 1.807) is 4.91 Å². The number of hydrogen-bond acceptors (Lipinski definition) is 3. The first kappa shape index (κ1) is 14.1. The van der Waals surface area contributed by atoms with E-state index in [1.807, 2.05) is 18.0 Å². The van der Waals surface area contributed by atoms with Crippen LogP contribution in [0, 0.1) is 5.92 Å². The first-order valence-electron chi connectivity index (χ1n) is 6.71. The Morgan fingerprint density at radius 2 is 2.22 bits per heavy atom. The molecule has 2 rings (SSSR count). The van der Waals surface area contributed by atoms with Gasteiger partial charge in [-0.1, -0.05) is 20.8 Å². The second-order valence-corrected chi connectivity index (χ2v) is 6.92. The average Bonchev–Trinajstić information content (AvgIpc) is 2.95. The van der Waals surface area contributed by atoms with Crippen molar-refractivity contribution in [3.8, 4) is 0 Å². The minimum Gasteiger partial charge on any atom is -0.306 e. The maximum Gasteiger partial charge on any atom is 0.126 e. The van der Waals surface area contributed by atoms with Gasteiger partial charge >= 0.3 is 0 Å².